The number of carbonyl (C=O) groups is 3. The summed E-state index contributed by atoms with van der Waals surface area (Å²) in [6, 6.07) is 4.09. The van der Waals surface area contributed by atoms with E-state index in [-0.39, 0.29) is 12.1 Å². The molecule has 0 bridgehead atoms. The van der Waals surface area contributed by atoms with Gasteiger partial charge in [-0.2, -0.15) is 11.8 Å². The van der Waals surface area contributed by atoms with Gasteiger partial charge in [0.25, 0.3) is 5.91 Å². The number of carbonyl (C=O) groups excluding carboxylic acids is 3. The number of thioether (sulfide) groups is 1. The van der Waals surface area contributed by atoms with Crippen LogP contribution in [0.15, 0.2) is 30.0 Å². The molecular weight excluding hydrogens is 335 g/mol. The molecule has 1 aromatic carbocycles. The summed E-state index contributed by atoms with van der Waals surface area (Å²) < 4.78 is 12.9. The van der Waals surface area contributed by atoms with Gasteiger partial charge < -0.3 is 20.5 Å². The minimum Gasteiger partial charge on any atom is -0.548 e. The quantitative estimate of drug-likeness (QED) is 0.655. The van der Waals surface area contributed by atoms with Crippen LogP contribution in [-0.2, 0) is 14.4 Å². The number of rotatable bonds is 8. The Bertz CT molecular complexity index is 631. The van der Waals surface area contributed by atoms with Gasteiger partial charge in [-0.05, 0) is 42.2 Å². The first-order valence-electron chi connectivity index (χ1n) is 7.09. The zero-order valence-corrected chi connectivity index (χ0v) is 14.1. The number of aliphatic carboxylic acids is 1. The fraction of sp³-hybridized carbons (Fsp3) is 0.312. The maximum Gasteiger partial charge on any atom is 0.268 e. The summed E-state index contributed by atoms with van der Waals surface area (Å²) in [6.07, 6.45) is 3.33. The fourth-order valence-corrected chi connectivity index (χ4v) is 2.27. The number of hydrogen-bond acceptors (Lipinski definition) is 5. The van der Waals surface area contributed by atoms with Gasteiger partial charge in [-0.1, -0.05) is 12.1 Å². The summed E-state index contributed by atoms with van der Waals surface area (Å²) in [4.78, 5) is 34.6. The Kier molecular flexibility index (Phi) is 7.97. The molecule has 0 aliphatic carbocycles. The van der Waals surface area contributed by atoms with E-state index in [9.17, 15) is 23.9 Å². The average Bonchev–Trinajstić information content (AvgIpc) is 2.52. The number of carboxylic acid groups (broad SMARTS) is 1. The lowest BCUT2D eigenvalue weighted by molar-refractivity contribution is -0.308. The Morgan fingerprint density at radius 3 is 2.42 bits per heavy atom. The van der Waals surface area contributed by atoms with E-state index in [1.807, 2.05) is 6.26 Å². The third-order valence-electron chi connectivity index (χ3n) is 2.94. The molecule has 0 saturated carbocycles. The van der Waals surface area contributed by atoms with Crippen LogP contribution in [0.2, 0.25) is 0 Å². The average molecular weight is 353 g/mol. The van der Waals surface area contributed by atoms with Crippen molar-refractivity contribution >= 4 is 35.6 Å². The second-order valence-electron chi connectivity index (χ2n) is 4.92. The monoisotopic (exact) mass is 353 g/mol. The predicted molar refractivity (Wildman–Crippen MR) is 88.1 cm³/mol. The molecule has 1 atom stereocenters. The zero-order chi connectivity index (χ0) is 18.1. The smallest absolute Gasteiger partial charge is 0.268 e. The fourth-order valence-electron chi connectivity index (χ4n) is 1.79. The zero-order valence-electron chi connectivity index (χ0n) is 13.3. The topological polar surface area (TPSA) is 98.3 Å². The standard InChI is InChI=1S/C16H19FN2O4S/c1-10(20)18-14(9-11-3-5-12(17)6-4-11)15(21)19-13(16(22)23)7-8-24-2/h3-6,9,13H,7-8H2,1-2H3,(H,18,20)(H,19,21)(H,22,23)/p-1/b14-9-/t13-/m0/s1. The van der Waals surface area contributed by atoms with Gasteiger partial charge in [-0.25, -0.2) is 4.39 Å². The lowest BCUT2D eigenvalue weighted by atomic mass is 10.1. The Hall–Kier alpha value is -2.35. The Morgan fingerprint density at radius 2 is 1.92 bits per heavy atom. The number of nitrogens with one attached hydrogen (secondary N) is 2. The molecule has 0 spiro atoms. The highest BCUT2D eigenvalue weighted by Gasteiger charge is 2.17. The van der Waals surface area contributed by atoms with E-state index < -0.39 is 29.6 Å². The van der Waals surface area contributed by atoms with Crippen LogP contribution in [0.5, 0.6) is 0 Å². The molecule has 1 rings (SSSR count). The van der Waals surface area contributed by atoms with Gasteiger partial charge in [-0.3, -0.25) is 9.59 Å². The second-order valence-corrected chi connectivity index (χ2v) is 5.90. The largest absolute Gasteiger partial charge is 0.548 e. The number of halogens is 1. The molecular formula is C16H18FN2O4S-. The Balaban J connectivity index is 2.97. The van der Waals surface area contributed by atoms with E-state index in [1.54, 1.807) is 0 Å². The van der Waals surface area contributed by atoms with Crippen molar-refractivity contribution in [1.29, 1.82) is 0 Å². The molecule has 24 heavy (non-hydrogen) atoms. The second kappa shape index (κ2) is 9.71. The summed E-state index contributed by atoms with van der Waals surface area (Å²) in [5, 5.41) is 15.8. The third kappa shape index (κ3) is 6.82. The van der Waals surface area contributed by atoms with E-state index in [4.69, 9.17) is 0 Å². The van der Waals surface area contributed by atoms with E-state index in [0.717, 1.165) is 0 Å². The molecule has 6 nitrogen and oxygen atoms in total. The summed E-state index contributed by atoms with van der Waals surface area (Å²) in [7, 11) is 0. The van der Waals surface area contributed by atoms with Gasteiger partial charge in [0.05, 0.1) is 12.0 Å². The van der Waals surface area contributed by atoms with E-state index in [2.05, 4.69) is 10.6 Å². The van der Waals surface area contributed by atoms with Crippen molar-refractivity contribution in [3.8, 4) is 0 Å². The SMILES string of the molecule is CSCC[C@H](NC(=O)/C(=C/c1ccc(F)cc1)NC(C)=O)C(=O)[O-]. The molecule has 0 fully saturated rings. The molecule has 130 valence electrons. The van der Waals surface area contributed by atoms with E-state index in [1.165, 1.54) is 49.0 Å². The van der Waals surface area contributed by atoms with Gasteiger partial charge in [0, 0.05) is 6.92 Å². The van der Waals surface area contributed by atoms with Crippen molar-refractivity contribution in [2.45, 2.75) is 19.4 Å². The van der Waals surface area contributed by atoms with E-state index >= 15 is 0 Å². The first-order chi connectivity index (χ1) is 11.3. The maximum absolute atomic E-state index is 12.9. The molecule has 8 heteroatoms. The van der Waals surface area contributed by atoms with Crippen molar-refractivity contribution in [3.63, 3.8) is 0 Å². The van der Waals surface area contributed by atoms with Crippen molar-refractivity contribution < 1.29 is 23.9 Å². The number of carboxylic acids is 1. The van der Waals surface area contributed by atoms with Crippen LogP contribution in [0.3, 0.4) is 0 Å². The summed E-state index contributed by atoms with van der Waals surface area (Å²) in [5.41, 5.74) is 0.342. The lowest BCUT2D eigenvalue weighted by Crippen LogP contribution is -2.49. The van der Waals surface area contributed by atoms with Gasteiger partial charge in [0.15, 0.2) is 0 Å². The third-order valence-corrected chi connectivity index (χ3v) is 3.58. The molecule has 0 aliphatic rings. The first kappa shape index (κ1) is 19.7. The van der Waals surface area contributed by atoms with Crippen LogP contribution in [0, 0.1) is 5.82 Å². The van der Waals surface area contributed by atoms with Crippen molar-refractivity contribution in [1.82, 2.24) is 10.6 Å². The molecule has 0 unspecified atom stereocenters. The highest BCUT2D eigenvalue weighted by Crippen LogP contribution is 2.08. The summed E-state index contributed by atoms with van der Waals surface area (Å²) >= 11 is 1.44. The highest BCUT2D eigenvalue weighted by molar-refractivity contribution is 7.98. The lowest BCUT2D eigenvalue weighted by Gasteiger charge is -2.20. The first-order valence-corrected chi connectivity index (χ1v) is 8.48. The van der Waals surface area contributed by atoms with Gasteiger partial charge >= 0.3 is 0 Å². The molecule has 0 heterocycles. The van der Waals surface area contributed by atoms with Crippen LogP contribution in [0.4, 0.5) is 4.39 Å². The maximum atomic E-state index is 12.9. The van der Waals surface area contributed by atoms with Crippen LogP contribution in [-0.4, -0.2) is 35.8 Å². The minimum absolute atomic E-state index is 0.135. The molecule has 1 aromatic rings. The summed E-state index contributed by atoms with van der Waals surface area (Å²) in [6.45, 7) is 1.22. The van der Waals surface area contributed by atoms with Gasteiger partial charge in [-0.15, -0.1) is 0 Å². The minimum atomic E-state index is -1.40. The van der Waals surface area contributed by atoms with Crippen molar-refractivity contribution in [3.05, 3.63) is 41.3 Å². The van der Waals surface area contributed by atoms with Gasteiger partial charge in [0.1, 0.15) is 11.5 Å². The Morgan fingerprint density at radius 1 is 1.29 bits per heavy atom. The molecule has 0 radical (unpaired) electrons. The van der Waals surface area contributed by atoms with Crippen molar-refractivity contribution in [2.75, 3.05) is 12.0 Å². The highest BCUT2D eigenvalue weighted by atomic mass is 32.2. The van der Waals surface area contributed by atoms with Crippen LogP contribution >= 0.6 is 11.8 Å². The normalized spacial score (nSPS) is 12.4. The Labute approximate surface area is 143 Å². The van der Waals surface area contributed by atoms with Crippen molar-refractivity contribution in [2.24, 2.45) is 0 Å². The number of hydrogen-bond donors (Lipinski definition) is 2. The van der Waals surface area contributed by atoms with Crippen LogP contribution < -0.4 is 15.7 Å². The number of benzene rings is 1. The van der Waals surface area contributed by atoms with Crippen LogP contribution in [0.25, 0.3) is 6.08 Å². The van der Waals surface area contributed by atoms with E-state index in [0.29, 0.717) is 11.3 Å². The van der Waals surface area contributed by atoms with Crippen LogP contribution in [0.1, 0.15) is 18.9 Å². The molecule has 0 aromatic heterocycles. The molecule has 0 aliphatic heterocycles. The summed E-state index contributed by atoms with van der Waals surface area (Å²) in [5.74, 6) is -2.57. The van der Waals surface area contributed by atoms with Gasteiger partial charge in [0.2, 0.25) is 5.91 Å². The number of amides is 2. The predicted octanol–water partition coefficient (Wildman–Crippen LogP) is 0.290. The molecule has 2 amide bonds. The molecule has 0 saturated heterocycles. The molecule has 2 N–H and O–H groups in total.